The molecule has 28 heavy (non-hydrogen) atoms. The zero-order valence-corrected chi connectivity index (χ0v) is 19.0. The Labute approximate surface area is 182 Å². The SMILES string of the molecule is CCc1ccc(N=Cc2cc(Br)c(OCc3ccc(Br)cc3)c(OC)c2)cc1. The predicted molar refractivity (Wildman–Crippen MR) is 122 cm³/mol. The molecule has 0 spiro atoms. The molecule has 0 radical (unpaired) electrons. The van der Waals surface area contributed by atoms with E-state index in [2.05, 4.69) is 55.9 Å². The second-order valence-corrected chi connectivity index (χ2v) is 8.00. The van der Waals surface area contributed by atoms with Crippen LogP contribution in [0, 0.1) is 0 Å². The van der Waals surface area contributed by atoms with Crippen molar-refractivity contribution in [2.75, 3.05) is 7.11 Å². The molecule has 0 atom stereocenters. The van der Waals surface area contributed by atoms with E-state index in [-0.39, 0.29) is 0 Å². The Morgan fingerprint density at radius 3 is 2.25 bits per heavy atom. The van der Waals surface area contributed by atoms with Crippen molar-refractivity contribution in [1.29, 1.82) is 0 Å². The lowest BCUT2D eigenvalue weighted by atomic mass is 10.1. The average molecular weight is 503 g/mol. The second kappa shape index (κ2) is 9.89. The molecule has 3 nitrogen and oxygen atoms in total. The third-order valence-electron chi connectivity index (χ3n) is 4.26. The lowest BCUT2D eigenvalue weighted by Gasteiger charge is -2.13. The molecule has 0 amide bonds. The summed E-state index contributed by atoms with van der Waals surface area (Å²) in [4.78, 5) is 4.55. The first kappa shape index (κ1) is 20.6. The van der Waals surface area contributed by atoms with E-state index in [1.165, 1.54) is 5.56 Å². The minimum absolute atomic E-state index is 0.458. The molecule has 0 bridgehead atoms. The first-order chi connectivity index (χ1) is 13.6. The zero-order valence-electron chi connectivity index (χ0n) is 15.8. The van der Waals surface area contributed by atoms with Gasteiger partial charge in [-0.15, -0.1) is 0 Å². The smallest absolute Gasteiger partial charge is 0.175 e. The van der Waals surface area contributed by atoms with Crippen molar-refractivity contribution in [3.8, 4) is 11.5 Å². The minimum atomic E-state index is 0.458. The Hall–Kier alpha value is -2.11. The van der Waals surface area contributed by atoms with E-state index >= 15 is 0 Å². The van der Waals surface area contributed by atoms with E-state index in [1.807, 2.05) is 54.7 Å². The molecule has 0 saturated heterocycles. The number of ether oxygens (including phenoxy) is 2. The lowest BCUT2D eigenvalue weighted by molar-refractivity contribution is 0.282. The van der Waals surface area contributed by atoms with Gasteiger partial charge in [-0.05, 0) is 75.4 Å². The van der Waals surface area contributed by atoms with Gasteiger partial charge in [0.25, 0.3) is 0 Å². The highest BCUT2D eigenvalue weighted by Crippen LogP contribution is 2.37. The van der Waals surface area contributed by atoms with E-state index in [1.54, 1.807) is 7.11 Å². The molecule has 0 heterocycles. The van der Waals surface area contributed by atoms with E-state index in [4.69, 9.17) is 9.47 Å². The van der Waals surface area contributed by atoms with Crippen LogP contribution in [0.4, 0.5) is 5.69 Å². The maximum Gasteiger partial charge on any atom is 0.175 e. The van der Waals surface area contributed by atoms with Crippen molar-refractivity contribution in [1.82, 2.24) is 0 Å². The minimum Gasteiger partial charge on any atom is -0.493 e. The molecule has 0 N–H and O–H groups in total. The molecule has 144 valence electrons. The van der Waals surface area contributed by atoms with E-state index in [0.717, 1.165) is 32.2 Å². The summed E-state index contributed by atoms with van der Waals surface area (Å²) in [5, 5.41) is 0. The van der Waals surface area contributed by atoms with Gasteiger partial charge >= 0.3 is 0 Å². The Morgan fingerprint density at radius 2 is 1.61 bits per heavy atom. The molecule has 3 rings (SSSR count). The van der Waals surface area contributed by atoms with Gasteiger partial charge < -0.3 is 9.47 Å². The highest BCUT2D eigenvalue weighted by atomic mass is 79.9. The normalized spacial score (nSPS) is 11.0. The Morgan fingerprint density at radius 1 is 0.929 bits per heavy atom. The van der Waals surface area contributed by atoms with Crippen LogP contribution in [0.25, 0.3) is 0 Å². The number of aliphatic imine (C=N–C) groups is 1. The van der Waals surface area contributed by atoms with Crippen LogP contribution in [0.1, 0.15) is 23.6 Å². The summed E-state index contributed by atoms with van der Waals surface area (Å²) in [6.07, 6.45) is 2.85. The van der Waals surface area contributed by atoms with Gasteiger partial charge in [-0.3, -0.25) is 4.99 Å². The molecule has 0 aromatic heterocycles. The Kier molecular flexibility index (Phi) is 7.29. The molecule has 0 unspecified atom stereocenters. The Bertz CT molecular complexity index is 952. The van der Waals surface area contributed by atoms with E-state index in [9.17, 15) is 0 Å². The van der Waals surface area contributed by atoms with Crippen LogP contribution in [0.2, 0.25) is 0 Å². The Balaban J connectivity index is 1.76. The molecule has 3 aromatic carbocycles. The standard InChI is InChI=1S/C23H21Br2NO2/c1-3-16-6-10-20(11-7-16)26-14-18-12-21(25)23(22(13-18)27-2)28-15-17-4-8-19(24)9-5-17/h4-14H,3,15H2,1-2H3. The molecule has 0 aliphatic carbocycles. The van der Waals surface area contributed by atoms with Gasteiger partial charge in [0.2, 0.25) is 0 Å². The van der Waals surface area contributed by atoms with Gasteiger partial charge in [-0.1, -0.05) is 47.1 Å². The summed E-state index contributed by atoms with van der Waals surface area (Å²) < 4.78 is 13.4. The predicted octanol–water partition coefficient (Wildman–Crippen LogP) is 7.11. The van der Waals surface area contributed by atoms with Crippen molar-refractivity contribution in [2.24, 2.45) is 4.99 Å². The lowest BCUT2D eigenvalue weighted by Crippen LogP contribution is -1.99. The number of halogens is 2. The number of nitrogens with zero attached hydrogens (tertiary/aromatic N) is 1. The average Bonchev–Trinajstić information content (AvgIpc) is 2.72. The molecule has 0 aliphatic heterocycles. The van der Waals surface area contributed by atoms with Gasteiger partial charge in [-0.2, -0.15) is 0 Å². The van der Waals surface area contributed by atoms with Crippen molar-refractivity contribution < 1.29 is 9.47 Å². The monoisotopic (exact) mass is 501 g/mol. The first-order valence-corrected chi connectivity index (χ1v) is 10.6. The molecular formula is C23H21Br2NO2. The number of benzene rings is 3. The molecule has 0 fully saturated rings. The van der Waals surface area contributed by atoms with Crippen molar-refractivity contribution >= 4 is 43.8 Å². The quantitative estimate of drug-likeness (QED) is 0.322. The fraction of sp³-hybridized carbons (Fsp3) is 0.174. The highest BCUT2D eigenvalue weighted by Gasteiger charge is 2.11. The summed E-state index contributed by atoms with van der Waals surface area (Å²) in [7, 11) is 1.64. The fourth-order valence-corrected chi connectivity index (χ4v) is 3.50. The van der Waals surface area contributed by atoms with Gasteiger partial charge in [0.15, 0.2) is 11.5 Å². The number of aryl methyl sites for hydroxylation is 1. The fourth-order valence-electron chi connectivity index (χ4n) is 2.66. The second-order valence-electron chi connectivity index (χ2n) is 6.23. The van der Waals surface area contributed by atoms with Gasteiger partial charge in [0, 0.05) is 10.7 Å². The summed E-state index contributed by atoms with van der Waals surface area (Å²) >= 11 is 7.04. The van der Waals surface area contributed by atoms with E-state index < -0.39 is 0 Å². The van der Waals surface area contributed by atoms with Crippen LogP contribution in [0.3, 0.4) is 0 Å². The number of hydrogen-bond acceptors (Lipinski definition) is 3. The van der Waals surface area contributed by atoms with Crippen LogP contribution in [0.15, 0.2) is 74.6 Å². The van der Waals surface area contributed by atoms with Crippen molar-refractivity contribution in [2.45, 2.75) is 20.0 Å². The van der Waals surface area contributed by atoms with Crippen LogP contribution in [-0.4, -0.2) is 13.3 Å². The third-order valence-corrected chi connectivity index (χ3v) is 5.37. The van der Waals surface area contributed by atoms with Crippen LogP contribution in [0.5, 0.6) is 11.5 Å². The molecule has 5 heteroatoms. The summed E-state index contributed by atoms with van der Waals surface area (Å²) in [6.45, 7) is 2.60. The highest BCUT2D eigenvalue weighted by molar-refractivity contribution is 9.10. The van der Waals surface area contributed by atoms with Gasteiger partial charge in [0.1, 0.15) is 6.61 Å². The van der Waals surface area contributed by atoms with Crippen LogP contribution in [-0.2, 0) is 13.0 Å². The van der Waals surface area contributed by atoms with E-state index in [0.29, 0.717) is 18.1 Å². The third kappa shape index (κ3) is 5.46. The summed E-state index contributed by atoms with van der Waals surface area (Å²) in [5.74, 6) is 1.34. The molecule has 3 aromatic rings. The van der Waals surface area contributed by atoms with Crippen molar-refractivity contribution in [3.63, 3.8) is 0 Å². The molecular weight excluding hydrogens is 482 g/mol. The molecule has 0 saturated carbocycles. The maximum atomic E-state index is 6.00. The maximum absolute atomic E-state index is 6.00. The zero-order chi connectivity index (χ0) is 19.9. The van der Waals surface area contributed by atoms with Crippen molar-refractivity contribution in [3.05, 3.63) is 86.3 Å². The molecule has 0 aliphatic rings. The van der Waals surface area contributed by atoms with Crippen LogP contribution >= 0.6 is 31.9 Å². The van der Waals surface area contributed by atoms with Gasteiger partial charge in [-0.25, -0.2) is 0 Å². The first-order valence-electron chi connectivity index (χ1n) is 8.97. The topological polar surface area (TPSA) is 30.8 Å². The number of rotatable bonds is 7. The van der Waals surface area contributed by atoms with Gasteiger partial charge in [0.05, 0.1) is 17.3 Å². The number of hydrogen-bond donors (Lipinski definition) is 0. The summed E-state index contributed by atoms with van der Waals surface area (Å²) in [5.41, 5.74) is 4.23. The largest absolute Gasteiger partial charge is 0.493 e. The summed E-state index contributed by atoms with van der Waals surface area (Å²) in [6, 6.07) is 20.2. The number of methoxy groups -OCH3 is 1. The van der Waals surface area contributed by atoms with Crippen LogP contribution < -0.4 is 9.47 Å².